The van der Waals surface area contributed by atoms with E-state index in [0.29, 0.717) is 30.1 Å². The minimum absolute atomic E-state index is 0.118. The van der Waals surface area contributed by atoms with Gasteiger partial charge in [0.25, 0.3) is 5.91 Å². The number of fused-ring (bicyclic) bond motifs is 1. The molecule has 1 saturated heterocycles. The zero-order valence-electron chi connectivity index (χ0n) is 19.2. The molecular weight excluding hydrogens is 452 g/mol. The first-order chi connectivity index (χ1) is 16.3. The van der Waals surface area contributed by atoms with Gasteiger partial charge in [0.15, 0.2) is 5.65 Å². The van der Waals surface area contributed by atoms with Gasteiger partial charge in [-0.25, -0.2) is 18.1 Å². The Bertz CT molecular complexity index is 1390. The van der Waals surface area contributed by atoms with Crippen LogP contribution in [0.1, 0.15) is 60.3 Å². The molecule has 0 atom stereocenters. The molecule has 3 aromatic rings. The van der Waals surface area contributed by atoms with Gasteiger partial charge in [0.1, 0.15) is 0 Å². The fourth-order valence-corrected chi connectivity index (χ4v) is 5.76. The van der Waals surface area contributed by atoms with E-state index in [1.165, 1.54) is 28.6 Å². The van der Waals surface area contributed by atoms with Gasteiger partial charge in [0.2, 0.25) is 10.0 Å². The number of piperazine rings is 1. The number of hydrogen-bond donors (Lipinski definition) is 0. The molecule has 1 aliphatic carbocycles. The maximum absolute atomic E-state index is 13.5. The predicted octanol–water partition coefficient (Wildman–Crippen LogP) is 2.91. The molecule has 5 rings (SSSR count). The lowest BCUT2D eigenvalue weighted by molar-refractivity contribution is 0.0699. The first kappa shape index (κ1) is 22.5. The summed E-state index contributed by atoms with van der Waals surface area (Å²) >= 11 is 0. The minimum atomic E-state index is -3.69. The summed E-state index contributed by atoms with van der Waals surface area (Å²) < 4.78 is 29.3. The number of benzene rings is 1. The average molecular weight is 479 g/mol. The molecule has 3 heterocycles. The maximum Gasteiger partial charge on any atom is 0.254 e. The Morgan fingerprint density at radius 3 is 2.38 bits per heavy atom. The first-order valence-corrected chi connectivity index (χ1v) is 12.9. The maximum atomic E-state index is 13.5. The number of hydrogen-bond acceptors (Lipinski definition) is 6. The van der Waals surface area contributed by atoms with E-state index in [0.717, 1.165) is 29.6 Å². The third kappa shape index (κ3) is 3.95. The van der Waals surface area contributed by atoms with Crippen molar-refractivity contribution in [1.82, 2.24) is 24.0 Å². The largest absolute Gasteiger partial charge is 0.336 e. The van der Waals surface area contributed by atoms with Crippen LogP contribution in [0.4, 0.5) is 0 Å². The molecule has 1 amide bonds. The highest BCUT2D eigenvalue weighted by Crippen LogP contribution is 2.40. The van der Waals surface area contributed by atoms with Crippen molar-refractivity contribution >= 4 is 27.0 Å². The van der Waals surface area contributed by atoms with E-state index in [2.05, 4.69) is 5.10 Å². The summed E-state index contributed by atoms with van der Waals surface area (Å²) in [6.07, 6.45) is 3.86. The Morgan fingerprint density at radius 2 is 1.79 bits per heavy atom. The Morgan fingerprint density at radius 1 is 1.12 bits per heavy atom. The third-order valence-electron chi connectivity index (χ3n) is 6.45. The molecular formula is C24H26N6O3S. The number of aromatic nitrogens is 3. The van der Waals surface area contributed by atoms with E-state index in [1.807, 2.05) is 30.7 Å². The SMILES string of the molecule is CC(C)n1ncc2c(C(=O)N3CCN(S(=O)(=O)c4ccc(C#N)cc4)CC3)cc(C3CC3)nc21. The lowest BCUT2D eigenvalue weighted by atomic mass is 10.1. The molecule has 0 unspecified atom stereocenters. The molecule has 176 valence electrons. The molecule has 0 bridgehead atoms. The van der Waals surface area contributed by atoms with Gasteiger partial charge in [0.05, 0.1) is 33.7 Å². The van der Waals surface area contributed by atoms with Crippen LogP contribution in [0.5, 0.6) is 0 Å². The van der Waals surface area contributed by atoms with Crippen LogP contribution in [-0.2, 0) is 10.0 Å². The molecule has 1 aromatic carbocycles. The predicted molar refractivity (Wildman–Crippen MR) is 126 cm³/mol. The fraction of sp³-hybridized carbons (Fsp3) is 0.417. The molecule has 1 aliphatic heterocycles. The highest BCUT2D eigenvalue weighted by atomic mass is 32.2. The molecule has 0 N–H and O–H groups in total. The molecule has 0 radical (unpaired) electrons. The van der Waals surface area contributed by atoms with Gasteiger partial charge < -0.3 is 4.90 Å². The van der Waals surface area contributed by atoms with Crippen LogP contribution < -0.4 is 0 Å². The molecule has 2 fully saturated rings. The summed E-state index contributed by atoms with van der Waals surface area (Å²) in [5.41, 5.74) is 2.65. The van der Waals surface area contributed by atoms with Gasteiger partial charge in [-0.2, -0.15) is 14.7 Å². The molecule has 2 aliphatic rings. The van der Waals surface area contributed by atoms with Crippen LogP contribution in [0, 0.1) is 11.3 Å². The highest BCUT2D eigenvalue weighted by Gasteiger charge is 2.33. The number of pyridine rings is 1. The molecule has 34 heavy (non-hydrogen) atoms. The van der Waals surface area contributed by atoms with Crippen molar-refractivity contribution in [2.75, 3.05) is 26.2 Å². The van der Waals surface area contributed by atoms with Crippen LogP contribution in [0.15, 0.2) is 41.4 Å². The average Bonchev–Trinajstić information content (AvgIpc) is 3.61. The molecule has 10 heteroatoms. The monoisotopic (exact) mass is 478 g/mol. The Hall–Kier alpha value is -3.29. The van der Waals surface area contributed by atoms with E-state index in [-0.39, 0.29) is 29.9 Å². The van der Waals surface area contributed by atoms with Crippen molar-refractivity contribution in [2.24, 2.45) is 0 Å². The van der Waals surface area contributed by atoms with Crippen molar-refractivity contribution < 1.29 is 13.2 Å². The lowest BCUT2D eigenvalue weighted by Gasteiger charge is -2.34. The highest BCUT2D eigenvalue weighted by molar-refractivity contribution is 7.89. The fourth-order valence-electron chi connectivity index (χ4n) is 4.33. The summed E-state index contributed by atoms with van der Waals surface area (Å²) in [6.45, 7) is 5.09. The van der Waals surface area contributed by atoms with Crippen LogP contribution in [-0.4, -0.2) is 64.5 Å². The number of nitrogens with zero attached hydrogens (tertiary/aromatic N) is 6. The number of carbonyl (C=O) groups excluding carboxylic acids is 1. The quantitative estimate of drug-likeness (QED) is 0.557. The Kier molecular flexibility index (Phi) is 5.62. The first-order valence-electron chi connectivity index (χ1n) is 11.5. The van der Waals surface area contributed by atoms with Gasteiger partial charge in [-0.1, -0.05) is 0 Å². The number of nitriles is 1. The van der Waals surface area contributed by atoms with Gasteiger partial charge in [-0.05, 0) is 57.0 Å². The van der Waals surface area contributed by atoms with Crippen molar-refractivity contribution in [1.29, 1.82) is 5.26 Å². The van der Waals surface area contributed by atoms with Gasteiger partial charge in [-0.15, -0.1) is 0 Å². The Labute approximate surface area is 198 Å². The van der Waals surface area contributed by atoms with Gasteiger partial charge >= 0.3 is 0 Å². The van der Waals surface area contributed by atoms with Crippen LogP contribution in [0.25, 0.3) is 11.0 Å². The number of amides is 1. The second-order valence-corrected chi connectivity index (χ2v) is 11.1. The zero-order valence-corrected chi connectivity index (χ0v) is 20.0. The summed E-state index contributed by atoms with van der Waals surface area (Å²) in [7, 11) is -3.69. The van der Waals surface area contributed by atoms with Crippen molar-refractivity contribution in [3.8, 4) is 6.07 Å². The van der Waals surface area contributed by atoms with Gasteiger partial charge in [-0.3, -0.25) is 4.79 Å². The smallest absolute Gasteiger partial charge is 0.254 e. The standard InChI is InChI=1S/C24H26N6O3S/c1-16(2)30-23-21(15-26-30)20(13-22(27-23)18-5-6-18)24(31)28-9-11-29(12-10-28)34(32,33)19-7-3-17(14-25)4-8-19/h3-4,7-8,13,15-16,18H,5-6,9-12H2,1-2H3. The van der Waals surface area contributed by atoms with E-state index < -0.39 is 10.0 Å². The summed E-state index contributed by atoms with van der Waals surface area (Å²) in [5.74, 6) is 0.272. The second-order valence-electron chi connectivity index (χ2n) is 9.12. The summed E-state index contributed by atoms with van der Waals surface area (Å²) in [6, 6.07) is 9.90. The van der Waals surface area contributed by atoms with Gasteiger partial charge in [0, 0.05) is 43.8 Å². The number of sulfonamides is 1. The van der Waals surface area contributed by atoms with Crippen molar-refractivity contribution in [3.63, 3.8) is 0 Å². The zero-order chi connectivity index (χ0) is 24.0. The van der Waals surface area contributed by atoms with E-state index in [9.17, 15) is 13.2 Å². The molecule has 0 spiro atoms. The topological polar surface area (TPSA) is 112 Å². The molecule has 9 nitrogen and oxygen atoms in total. The normalized spacial score (nSPS) is 17.3. The third-order valence-corrected chi connectivity index (χ3v) is 8.36. The van der Waals surface area contributed by atoms with Crippen molar-refractivity contribution in [2.45, 2.75) is 43.5 Å². The van der Waals surface area contributed by atoms with E-state index in [1.54, 1.807) is 11.1 Å². The summed E-state index contributed by atoms with van der Waals surface area (Å²) in [4.78, 5) is 20.2. The molecule has 1 saturated carbocycles. The number of rotatable bonds is 5. The summed E-state index contributed by atoms with van der Waals surface area (Å²) in [5, 5.41) is 14.1. The Balaban J connectivity index is 1.37. The van der Waals surface area contributed by atoms with Crippen LogP contribution in [0.2, 0.25) is 0 Å². The lowest BCUT2D eigenvalue weighted by Crippen LogP contribution is -2.50. The van der Waals surface area contributed by atoms with Crippen molar-refractivity contribution in [3.05, 3.63) is 53.3 Å². The minimum Gasteiger partial charge on any atom is -0.336 e. The molecule has 2 aromatic heterocycles. The van der Waals surface area contributed by atoms with Crippen LogP contribution in [0.3, 0.4) is 0 Å². The van der Waals surface area contributed by atoms with Crippen LogP contribution >= 0.6 is 0 Å². The number of carbonyl (C=O) groups is 1. The van der Waals surface area contributed by atoms with E-state index >= 15 is 0 Å². The van der Waals surface area contributed by atoms with E-state index in [4.69, 9.17) is 10.2 Å². The second kappa shape index (κ2) is 8.49.